The molecule has 3 rings (SSSR count). The highest BCUT2D eigenvalue weighted by Crippen LogP contribution is 2.29. The van der Waals surface area contributed by atoms with Crippen molar-refractivity contribution in [1.29, 1.82) is 0 Å². The zero-order valence-electron chi connectivity index (χ0n) is 19.7. The lowest BCUT2D eigenvalue weighted by Gasteiger charge is -2.12. The van der Waals surface area contributed by atoms with Gasteiger partial charge in [0.15, 0.2) is 11.5 Å². The molecule has 0 aliphatic rings. The number of nitrogens with one attached hydrogen (secondary N) is 3. The maximum Gasteiger partial charge on any atom is 0.329 e. The topological polar surface area (TPSA) is 118 Å². The standard InChI is InChI=1S/C26H25ClN4O5/c1-3-35-24-14-19(6-13-23(24)36-16-18-4-7-20(27)8-5-18)15-28-31-26(34)25(33)30-22-11-9-21(10-12-22)29-17(2)32/h4-15H,3,16H2,1-2H3,(H,29,32)(H,30,33)(H,31,34). The number of carbonyl (C=O) groups excluding carboxylic acids is 3. The smallest absolute Gasteiger partial charge is 0.329 e. The Hall–Kier alpha value is -4.37. The Bertz CT molecular complexity index is 1240. The van der Waals surface area contributed by atoms with E-state index in [9.17, 15) is 14.4 Å². The average Bonchev–Trinajstić information content (AvgIpc) is 2.85. The number of hydrogen-bond donors (Lipinski definition) is 3. The van der Waals surface area contributed by atoms with Crippen LogP contribution in [0.4, 0.5) is 11.4 Å². The molecule has 0 fully saturated rings. The van der Waals surface area contributed by atoms with Gasteiger partial charge in [-0.2, -0.15) is 5.10 Å². The summed E-state index contributed by atoms with van der Waals surface area (Å²) in [6.45, 7) is 4.02. The molecule has 36 heavy (non-hydrogen) atoms. The lowest BCUT2D eigenvalue weighted by atomic mass is 10.2. The van der Waals surface area contributed by atoms with Crippen LogP contribution in [0.2, 0.25) is 5.02 Å². The molecule has 0 unspecified atom stereocenters. The zero-order chi connectivity index (χ0) is 25.9. The number of nitrogens with zero attached hydrogens (tertiary/aromatic N) is 1. The van der Waals surface area contributed by atoms with Gasteiger partial charge in [0, 0.05) is 23.3 Å². The van der Waals surface area contributed by atoms with E-state index in [1.807, 2.05) is 19.1 Å². The Balaban J connectivity index is 1.55. The number of ether oxygens (including phenoxy) is 2. The van der Waals surface area contributed by atoms with Gasteiger partial charge < -0.3 is 20.1 Å². The minimum atomic E-state index is -0.940. The van der Waals surface area contributed by atoms with Crippen LogP contribution in [0.25, 0.3) is 0 Å². The van der Waals surface area contributed by atoms with Crippen LogP contribution >= 0.6 is 11.6 Å². The molecule has 0 saturated heterocycles. The van der Waals surface area contributed by atoms with Crippen LogP contribution in [0.3, 0.4) is 0 Å². The quantitative estimate of drug-likeness (QED) is 0.225. The van der Waals surface area contributed by atoms with Gasteiger partial charge in [0.05, 0.1) is 12.8 Å². The normalized spacial score (nSPS) is 10.5. The summed E-state index contributed by atoms with van der Waals surface area (Å²) in [6.07, 6.45) is 1.39. The van der Waals surface area contributed by atoms with E-state index in [2.05, 4.69) is 21.2 Å². The van der Waals surface area contributed by atoms with Gasteiger partial charge in [-0.25, -0.2) is 5.43 Å². The van der Waals surface area contributed by atoms with Crippen LogP contribution in [0.5, 0.6) is 11.5 Å². The number of carbonyl (C=O) groups is 3. The molecule has 9 nitrogen and oxygen atoms in total. The molecule has 0 atom stereocenters. The van der Waals surface area contributed by atoms with Gasteiger partial charge in [-0.15, -0.1) is 0 Å². The van der Waals surface area contributed by atoms with Crippen molar-refractivity contribution in [2.45, 2.75) is 20.5 Å². The summed E-state index contributed by atoms with van der Waals surface area (Å²) >= 11 is 5.91. The lowest BCUT2D eigenvalue weighted by Crippen LogP contribution is -2.32. The third kappa shape index (κ3) is 8.14. The SMILES string of the molecule is CCOc1cc(C=NNC(=O)C(=O)Nc2ccc(NC(C)=O)cc2)ccc1OCc1ccc(Cl)cc1. The lowest BCUT2D eigenvalue weighted by molar-refractivity contribution is -0.136. The van der Waals surface area contributed by atoms with Crippen LogP contribution in [-0.4, -0.2) is 30.5 Å². The summed E-state index contributed by atoms with van der Waals surface area (Å²) in [7, 11) is 0. The summed E-state index contributed by atoms with van der Waals surface area (Å²) in [5, 5.41) is 9.56. The number of halogens is 1. The maximum absolute atomic E-state index is 12.1. The van der Waals surface area contributed by atoms with Crippen LogP contribution in [-0.2, 0) is 21.0 Å². The fourth-order valence-electron chi connectivity index (χ4n) is 2.98. The van der Waals surface area contributed by atoms with E-state index < -0.39 is 11.8 Å². The first kappa shape index (κ1) is 26.2. The molecule has 3 aromatic rings. The predicted molar refractivity (Wildman–Crippen MR) is 139 cm³/mol. The molecular weight excluding hydrogens is 484 g/mol. The van der Waals surface area contributed by atoms with Gasteiger partial charge >= 0.3 is 11.8 Å². The van der Waals surface area contributed by atoms with E-state index in [0.717, 1.165) is 5.56 Å². The number of hydrogen-bond acceptors (Lipinski definition) is 6. The summed E-state index contributed by atoms with van der Waals surface area (Å²) in [4.78, 5) is 35.2. The van der Waals surface area contributed by atoms with Gasteiger partial charge in [0.2, 0.25) is 5.91 Å². The molecule has 0 aliphatic carbocycles. The van der Waals surface area contributed by atoms with Crippen molar-refractivity contribution >= 4 is 46.9 Å². The van der Waals surface area contributed by atoms with Crippen molar-refractivity contribution in [3.05, 3.63) is 82.9 Å². The van der Waals surface area contributed by atoms with Crippen LogP contribution in [0.1, 0.15) is 25.0 Å². The highest BCUT2D eigenvalue weighted by Gasteiger charge is 2.13. The van der Waals surface area contributed by atoms with E-state index in [1.54, 1.807) is 54.6 Å². The van der Waals surface area contributed by atoms with E-state index >= 15 is 0 Å². The number of hydrazone groups is 1. The molecule has 0 saturated carbocycles. The Morgan fingerprint density at radius 3 is 2.17 bits per heavy atom. The van der Waals surface area contributed by atoms with Crippen molar-refractivity contribution < 1.29 is 23.9 Å². The van der Waals surface area contributed by atoms with E-state index in [1.165, 1.54) is 13.1 Å². The minimum absolute atomic E-state index is 0.211. The third-order valence-electron chi connectivity index (χ3n) is 4.62. The van der Waals surface area contributed by atoms with Crippen molar-refractivity contribution in [3.63, 3.8) is 0 Å². The summed E-state index contributed by atoms with van der Waals surface area (Å²) in [5.74, 6) is -0.970. The fourth-order valence-corrected chi connectivity index (χ4v) is 3.10. The second kappa shape index (κ2) is 12.9. The van der Waals surface area contributed by atoms with Gasteiger partial charge in [0.1, 0.15) is 6.61 Å². The highest BCUT2D eigenvalue weighted by atomic mass is 35.5. The Morgan fingerprint density at radius 2 is 1.53 bits per heavy atom. The van der Waals surface area contributed by atoms with Crippen LogP contribution in [0, 0.1) is 0 Å². The summed E-state index contributed by atoms with van der Waals surface area (Å²) in [5.41, 5.74) is 4.74. The van der Waals surface area contributed by atoms with Gasteiger partial charge in [-0.3, -0.25) is 14.4 Å². The van der Waals surface area contributed by atoms with E-state index in [-0.39, 0.29) is 5.91 Å². The molecule has 0 radical (unpaired) electrons. The number of anilines is 2. The molecule has 3 amide bonds. The Labute approximate surface area is 213 Å². The molecular formula is C26H25ClN4O5. The zero-order valence-corrected chi connectivity index (χ0v) is 20.5. The fraction of sp³-hybridized carbons (Fsp3) is 0.154. The number of amides is 3. The van der Waals surface area contributed by atoms with Gasteiger partial charge in [0.25, 0.3) is 0 Å². The van der Waals surface area contributed by atoms with E-state index in [0.29, 0.717) is 46.7 Å². The average molecular weight is 509 g/mol. The van der Waals surface area contributed by atoms with Crippen molar-refractivity contribution in [3.8, 4) is 11.5 Å². The van der Waals surface area contributed by atoms with Gasteiger partial charge in [-0.1, -0.05) is 23.7 Å². The molecule has 3 aromatic carbocycles. The molecule has 3 N–H and O–H groups in total. The summed E-state index contributed by atoms with van der Waals surface area (Å²) in [6, 6.07) is 18.9. The first-order chi connectivity index (χ1) is 17.3. The van der Waals surface area contributed by atoms with Crippen LogP contribution in [0.15, 0.2) is 71.8 Å². The van der Waals surface area contributed by atoms with Crippen molar-refractivity contribution in [2.24, 2.45) is 5.10 Å². The highest BCUT2D eigenvalue weighted by molar-refractivity contribution is 6.39. The predicted octanol–water partition coefficient (Wildman–Crippen LogP) is 4.36. The second-order valence-electron chi connectivity index (χ2n) is 7.47. The largest absolute Gasteiger partial charge is 0.490 e. The Morgan fingerprint density at radius 1 is 0.861 bits per heavy atom. The molecule has 186 valence electrons. The van der Waals surface area contributed by atoms with Gasteiger partial charge in [-0.05, 0) is 72.6 Å². The van der Waals surface area contributed by atoms with Crippen molar-refractivity contribution in [1.82, 2.24) is 5.43 Å². The first-order valence-electron chi connectivity index (χ1n) is 11.0. The molecule has 0 bridgehead atoms. The minimum Gasteiger partial charge on any atom is -0.490 e. The third-order valence-corrected chi connectivity index (χ3v) is 4.88. The monoisotopic (exact) mass is 508 g/mol. The molecule has 0 spiro atoms. The first-order valence-corrected chi connectivity index (χ1v) is 11.4. The summed E-state index contributed by atoms with van der Waals surface area (Å²) < 4.78 is 11.5. The second-order valence-corrected chi connectivity index (χ2v) is 7.90. The number of rotatable bonds is 9. The maximum atomic E-state index is 12.1. The molecule has 10 heteroatoms. The van der Waals surface area contributed by atoms with Crippen LogP contribution < -0.4 is 25.5 Å². The van der Waals surface area contributed by atoms with Crippen molar-refractivity contribution in [2.75, 3.05) is 17.2 Å². The number of benzene rings is 3. The Kier molecular flexibility index (Phi) is 9.41. The molecule has 0 aliphatic heterocycles. The van der Waals surface area contributed by atoms with E-state index in [4.69, 9.17) is 21.1 Å². The molecule has 0 heterocycles. The molecule has 0 aromatic heterocycles.